The SMILES string of the molecule is NC(=O)CCC(NC(=O)C(Cc1ccccc1)NC(=O)C(CCC(N)=O)NC(=O)C(N)CC(=O)O)C(=O)O. The molecule has 0 heterocycles. The number of carboxylic acids is 2. The van der Waals surface area contributed by atoms with E-state index in [-0.39, 0.29) is 32.1 Å². The van der Waals surface area contributed by atoms with E-state index in [0.717, 1.165) is 0 Å². The highest BCUT2D eigenvalue weighted by Gasteiger charge is 2.31. The normalized spacial score (nSPS) is 13.7. The average molecular weight is 537 g/mol. The van der Waals surface area contributed by atoms with Gasteiger partial charge in [0.2, 0.25) is 29.5 Å². The van der Waals surface area contributed by atoms with E-state index >= 15 is 0 Å². The molecular formula is C23H32N6O9. The molecule has 4 unspecified atom stereocenters. The first-order chi connectivity index (χ1) is 17.8. The van der Waals surface area contributed by atoms with Gasteiger partial charge in [-0.3, -0.25) is 28.8 Å². The van der Waals surface area contributed by atoms with E-state index in [1.807, 2.05) is 0 Å². The van der Waals surface area contributed by atoms with Gasteiger partial charge >= 0.3 is 11.9 Å². The summed E-state index contributed by atoms with van der Waals surface area (Å²) in [7, 11) is 0. The number of aliphatic carboxylic acids is 2. The van der Waals surface area contributed by atoms with Crippen LogP contribution in [0.2, 0.25) is 0 Å². The van der Waals surface area contributed by atoms with Gasteiger partial charge in [0.15, 0.2) is 0 Å². The summed E-state index contributed by atoms with van der Waals surface area (Å²) in [5, 5.41) is 25.2. The van der Waals surface area contributed by atoms with E-state index in [0.29, 0.717) is 5.56 Å². The number of hydrogen-bond acceptors (Lipinski definition) is 8. The Bertz CT molecular complexity index is 1030. The molecule has 38 heavy (non-hydrogen) atoms. The van der Waals surface area contributed by atoms with Crippen molar-refractivity contribution in [3.8, 4) is 0 Å². The lowest BCUT2D eigenvalue weighted by atomic mass is 10.0. The van der Waals surface area contributed by atoms with Crippen LogP contribution in [0.25, 0.3) is 0 Å². The maximum absolute atomic E-state index is 13.1. The van der Waals surface area contributed by atoms with Crippen molar-refractivity contribution in [3.63, 3.8) is 0 Å². The van der Waals surface area contributed by atoms with Crippen LogP contribution in [0, 0.1) is 0 Å². The van der Waals surface area contributed by atoms with Crippen LogP contribution in [0.5, 0.6) is 0 Å². The summed E-state index contributed by atoms with van der Waals surface area (Å²) in [6.07, 6.45) is -2.04. The van der Waals surface area contributed by atoms with Crippen molar-refractivity contribution < 1.29 is 43.8 Å². The monoisotopic (exact) mass is 536 g/mol. The minimum atomic E-state index is -1.50. The van der Waals surface area contributed by atoms with Crippen molar-refractivity contribution in [1.82, 2.24) is 16.0 Å². The minimum Gasteiger partial charge on any atom is -0.481 e. The topological polar surface area (TPSA) is 274 Å². The molecule has 1 aromatic carbocycles. The molecule has 0 saturated carbocycles. The van der Waals surface area contributed by atoms with E-state index in [2.05, 4.69) is 16.0 Å². The zero-order valence-corrected chi connectivity index (χ0v) is 20.4. The smallest absolute Gasteiger partial charge is 0.326 e. The molecule has 208 valence electrons. The molecule has 0 radical (unpaired) electrons. The molecule has 4 atom stereocenters. The Balaban J connectivity index is 3.15. The fourth-order valence-electron chi connectivity index (χ4n) is 3.26. The quantitative estimate of drug-likeness (QED) is 0.100. The number of carbonyl (C=O) groups is 7. The van der Waals surface area contributed by atoms with Crippen molar-refractivity contribution in [1.29, 1.82) is 0 Å². The van der Waals surface area contributed by atoms with Gasteiger partial charge in [0, 0.05) is 19.3 Å². The molecule has 0 aromatic heterocycles. The lowest BCUT2D eigenvalue weighted by molar-refractivity contribution is -0.142. The maximum atomic E-state index is 13.1. The molecule has 11 N–H and O–H groups in total. The molecule has 0 saturated heterocycles. The predicted molar refractivity (Wildman–Crippen MR) is 131 cm³/mol. The van der Waals surface area contributed by atoms with Crippen LogP contribution in [-0.4, -0.2) is 75.9 Å². The van der Waals surface area contributed by atoms with Crippen LogP contribution in [0.15, 0.2) is 30.3 Å². The van der Waals surface area contributed by atoms with Crippen LogP contribution in [0.4, 0.5) is 0 Å². The van der Waals surface area contributed by atoms with Crippen molar-refractivity contribution in [2.24, 2.45) is 17.2 Å². The Morgan fingerprint density at radius 3 is 1.68 bits per heavy atom. The first-order valence-electron chi connectivity index (χ1n) is 11.5. The predicted octanol–water partition coefficient (Wildman–Crippen LogP) is -2.90. The zero-order valence-electron chi connectivity index (χ0n) is 20.4. The zero-order chi connectivity index (χ0) is 28.8. The van der Waals surface area contributed by atoms with Crippen molar-refractivity contribution >= 4 is 41.5 Å². The lowest BCUT2D eigenvalue weighted by Gasteiger charge is -2.25. The Kier molecular flexibility index (Phi) is 12.9. The standard InChI is InChI=1S/C23H32N6O9/c24-13(11-19(32)33)20(34)27-14(6-8-17(25)30)21(35)29-16(10-12-4-2-1-3-5-12)22(36)28-15(23(37)38)7-9-18(26)31/h1-5,13-16H,6-11,24H2,(H2,25,30)(H2,26,31)(H,27,34)(H,28,36)(H,29,35)(H,32,33)(H,37,38). The van der Waals surface area contributed by atoms with Crippen LogP contribution in [-0.2, 0) is 40.0 Å². The molecule has 0 aliphatic carbocycles. The number of carbonyl (C=O) groups excluding carboxylic acids is 5. The second kappa shape index (κ2) is 15.6. The molecule has 5 amide bonds. The highest BCUT2D eigenvalue weighted by atomic mass is 16.4. The number of benzene rings is 1. The minimum absolute atomic E-state index is 0.0877. The molecule has 0 fully saturated rings. The Hall–Kier alpha value is -4.53. The number of amides is 5. The molecule has 0 spiro atoms. The average Bonchev–Trinajstić information content (AvgIpc) is 2.83. The molecule has 0 bridgehead atoms. The van der Waals surface area contributed by atoms with E-state index in [1.165, 1.54) is 0 Å². The summed E-state index contributed by atoms with van der Waals surface area (Å²) in [4.78, 5) is 83.2. The molecule has 1 rings (SSSR count). The fraction of sp³-hybridized carbons (Fsp3) is 0.435. The summed E-state index contributed by atoms with van der Waals surface area (Å²) < 4.78 is 0. The second-order valence-electron chi connectivity index (χ2n) is 8.43. The molecule has 0 aliphatic rings. The summed E-state index contributed by atoms with van der Waals surface area (Å²) in [5.74, 6) is -7.15. The van der Waals surface area contributed by atoms with Gasteiger partial charge in [0.1, 0.15) is 18.1 Å². The van der Waals surface area contributed by atoms with E-state index in [4.69, 9.17) is 22.3 Å². The molecular weight excluding hydrogens is 504 g/mol. The summed E-state index contributed by atoms with van der Waals surface area (Å²) in [5.41, 5.74) is 16.3. The van der Waals surface area contributed by atoms with Gasteiger partial charge in [0.05, 0.1) is 12.5 Å². The number of primary amides is 2. The van der Waals surface area contributed by atoms with Crippen LogP contribution in [0.1, 0.15) is 37.7 Å². The summed E-state index contributed by atoms with van der Waals surface area (Å²) in [6, 6.07) is 2.64. The number of nitrogens with two attached hydrogens (primary N) is 3. The third-order valence-corrected chi connectivity index (χ3v) is 5.25. The van der Waals surface area contributed by atoms with Gasteiger partial charge in [-0.05, 0) is 18.4 Å². The third-order valence-electron chi connectivity index (χ3n) is 5.25. The van der Waals surface area contributed by atoms with Gasteiger partial charge in [0.25, 0.3) is 0 Å². The number of carboxylic acid groups (broad SMARTS) is 2. The Morgan fingerprint density at radius 2 is 1.18 bits per heavy atom. The van der Waals surface area contributed by atoms with Crippen LogP contribution in [0.3, 0.4) is 0 Å². The first-order valence-corrected chi connectivity index (χ1v) is 11.5. The van der Waals surface area contributed by atoms with Crippen molar-refractivity contribution in [2.45, 2.75) is 62.7 Å². The molecule has 15 nitrogen and oxygen atoms in total. The maximum Gasteiger partial charge on any atom is 0.326 e. The summed E-state index contributed by atoms with van der Waals surface area (Å²) in [6.45, 7) is 0. The number of hydrogen-bond donors (Lipinski definition) is 8. The number of rotatable bonds is 17. The van der Waals surface area contributed by atoms with E-state index in [9.17, 15) is 38.7 Å². The largest absolute Gasteiger partial charge is 0.481 e. The fourth-order valence-corrected chi connectivity index (χ4v) is 3.26. The highest BCUT2D eigenvalue weighted by molar-refractivity contribution is 5.95. The third kappa shape index (κ3) is 11.9. The highest BCUT2D eigenvalue weighted by Crippen LogP contribution is 2.07. The summed E-state index contributed by atoms with van der Waals surface area (Å²) >= 11 is 0. The first kappa shape index (κ1) is 31.5. The molecule has 0 aliphatic heterocycles. The van der Waals surface area contributed by atoms with Gasteiger partial charge < -0.3 is 43.4 Å². The Labute approximate surface area is 217 Å². The molecule has 15 heteroatoms. The number of nitrogens with one attached hydrogen (secondary N) is 3. The van der Waals surface area contributed by atoms with Crippen LogP contribution < -0.4 is 33.2 Å². The van der Waals surface area contributed by atoms with Crippen molar-refractivity contribution in [2.75, 3.05) is 0 Å². The van der Waals surface area contributed by atoms with Gasteiger partial charge in [-0.2, -0.15) is 0 Å². The molecule has 1 aromatic rings. The van der Waals surface area contributed by atoms with Gasteiger partial charge in [-0.25, -0.2) is 4.79 Å². The van der Waals surface area contributed by atoms with E-state index < -0.39 is 72.1 Å². The lowest BCUT2D eigenvalue weighted by Crippen LogP contribution is -2.57. The second-order valence-corrected chi connectivity index (χ2v) is 8.43. The van der Waals surface area contributed by atoms with E-state index in [1.54, 1.807) is 30.3 Å². The van der Waals surface area contributed by atoms with Crippen LogP contribution >= 0.6 is 0 Å². The van der Waals surface area contributed by atoms with Gasteiger partial charge in [-0.15, -0.1) is 0 Å². The Morgan fingerprint density at radius 1 is 0.711 bits per heavy atom. The van der Waals surface area contributed by atoms with Gasteiger partial charge in [-0.1, -0.05) is 30.3 Å². The van der Waals surface area contributed by atoms with Crippen molar-refractivity contribution in [3.05, 3.63) is 35.9 Å².